The van der Waals surface area contributed by atoms with E-state index in [0.29, 0.717) is 0 Å². The molecule has 14 heavy (non-hydrogen) atoms. The minimum Gasteiger partial charge on any atom is -0.479 e. The number of hydrogen-bond acceptors (Lipinski definition) is 5. The zero-order valence-electron chi connectivity index (χ0n) is 7.75. The van der Waals surface area contributed by atoms with Crippen molar-refractivity contribution < 1.29 is 30.0 Å². The summed E-state index contributed by atoms with van der Waals surface area (Å²) in [5.74, 6) is -1.41. The van der Waals surface area contributed by atoms with Crippen molar-refractivity contribution in [2.45, 2.75) is 36.8 Å². The lowest BCUT2D eigenvalue weighted by Gasteiger charge is -2.38. The molecule has 0 aliphatic heterocycles. The minimum atomic E-state index is -2.01. The number of hydrogen-bond donors (Lipinski definition) is 4. The molecule has 0 saturated heterocycles. The highest BCUT2D eigenvalue weighted by molar-refractivity contribution is 5.77. The van der Waals surface area contributed by atoms with Crippen LogP contribution in [-0.4, -0.2) is 57.4 Å². The predicted molar refractivity (Wildman–Crippen MR) is 44.6 cm³/mol. The Labute approximate surface area is 80.7 Å². The van der Waals surface area contributed by atoms with E-state index in [9.17, 15) is 20.1 Å². The molecule has 0 aromatic rings. The summed E-state index contributed by atoms with van der Waals surface area (Å²) in [5.41, 5.74) is -2.01. The van der Waals surface area contributed by atoms with Crippen LogP contribution in [0.1, 0.15) is 12.8 Å². The molecule has 1 aliphatic rings. The van der Waals surface area contributed by atoms with Gasteiger partial charge in [-0.1, -0.05) is 0 Å². The molecule has 4 unspecified atom stereocenters. The molecule has 4 N–H and O–H groups in total. The fourth-order valence-electron chi connectivity index (χ4n) is 1.65. The van der Waals surface area contributed by atoms with Crippen molar-refractivity contribution in [3.8, 4) is 0 Å². The number of carboxylic acids is 1. The van der Waals surface area contributed by atoms with Crippen LogP contribution in [0.4, 0.5) is 0 Å². The number of aliphatic hydroxyl groups is 3. The zero-order valence-corrected chi connectivity index (χ0v) is 7.75. The van der Waals surface area contributed by atoms with Gasteiger partial charge in [-0.05, 0) is 0 Å². The summed E-state index contributed by atoms with van der Waals surface area (Å²) in [6.07, 6.45) is -3.91. The fraction of sp³-hybridized carbons (Fsp3) is 0.875. The third-order valence-corrected chi connectivity index (χ3v) is 2.56. The molecule has 0 bridgehead atoms. The lowest BCUT2D eigenvalue weighted by Crippen LogP contribution is -2.56. The van der Waals surface area contributed by atoms with Gasteiger partial charge in [-0.25, -0.2) is 4.79 Å². The molecule has 0 spiro atoms. The van der Waals surface area contributed by atoms with Gasteiger partial charge in [0.1, 0.15) is 6.10 Å². The fourth-order valence-corrected chi connectivity index (χ4v) is 1.65. The first kappa shape index (κ1) is 11.4. The summed E-state index contributed by atoms with van der Waals surface area (Å²) in [5, 5.41) is 37.0. The van der Waals surface area contributed by atoms with Gasteiger partial charge >= 0.3 is 5.97 Å². The smallest absolute Gasteiger partial charge is 0.335 e. The van der Waals surface area contributed by atoms with Gasteiger partial charge in [-0.15, -0.1) is 0 Å². The quantitative estimate of drug-likeness (QED) is 0.430. The summed E-state index contributed by atoms with van der Waals surface area (Å²) < 4.78 is 4.79. The molecule has 6 nitrogen and oxygen atoms in total. The van der Waals surface area contributed by atoms with Crippen molar-refractivity contribution in [1.82, 2.24) is 0 Å². The topological polar surface area (TPSA) is 107 Å². The molecular formula is C8H14O6. The highest BCUT2D eigenvalue weighted by atomic mass is 16.5. The number of carboxylic acid groups (broad SMARTS) is 1. The summed E-state index contributed by atoms with van der Waals surface area (Å²) >= 11 is 0. The molecule has 1 saturated carbocycles. The van der Waals surface area contributed by atoms with E-state index in [1.807, 2.05) is 0 Å². The van der Waals surface area contributed by atoms with E-state index in [4.69, 9.17) is 9.84 Å². The normalized spacial score (nSPS) is 43.6. The molecule has 1 aliphatic carbocycles. The maximum absolute atomic E-state index is 10.7. The third-order valence-electron chi connectivity index (χ3n) is 2.56. The van der Waals surface area contributed by atoms with Crippen LogP contribution >= 0.6 is 0 Å². The van der Waals surface area contributed by atoms with Crippen LogP contribution in [0.2, 0.25) is 0 Å². The van der Waals surface area contributed by atoms with Gasteiger partial charge < -0.3 is 25.2 Å². The Kier molecular flexibility index (Phi) is 3.10. The molecule has 82 valence electrons. The first-order valence-electron chi connectivity index (χ1n) is 4.25. The number of rotatable bonds is 2. The van der Waals surface area contributed by atoms with Gasteiger partial charge in [0.25, 0.3) is 0 Å². The van der Waals surface area contributed by atoms with Gasteiger partial charge in [-0.2, -0.15) is 0 Å². The molecule has 1 fully saturated rings. The number of aliphatic hydroxyl groups excluding tert-OH is 2. The second kappa shape index (κ2) is 3.82. The Morgan fingerprint density at radius 2 is 2.00 bits per heavy atom. The van der Waals surface area contributed by atoms with Crippen LogP contribution in [0, 0.1) is 0 Å². The van der Waals surface area contributed by atoms with Gasteiger partial charge in [0.05, 0.1) is 12.2 Å². The zero-order chi connectivity index (χ0) is 10.9. The Hall–Kier alpha value is -0.690. The predicted octanol–water partition coefficient (Wildman–Crippen LogP) is -1.67. The van der Waals surface area contributed by atoms with Crippen LogP contribution < -0.4 is 0 Å². The van der Waals surface area contributed by atoms with Crippen LogP contribution in [0.3, 0.4) is 0 Å². The molecule has 0 amide bonds. The van der Waals surface area contributed by atoms with Crippen molar-refractivity contribution in [2.24, 2.45) is 0 Å². The highest BCUT2D eigenvalue weighted by Gasteiger charge is 2.49. The van der Waals surface area contributed by atoms with E-state index in [1.165, 1.54) is 7.11 Å². The second-order valence-corrected chi connectivity index (χ2v) is 3.58. The summed E-state index contributed by atoms with van der Waals surface area (Å²) in [6, 6.07) is 0. The van der Waals surface area contributed by atoms with E-state index in [0.717, 1.165) is 0 Å². The average molecular weight is 206 g/mol. The second-order valence-electron chi connectivity index (χ2n) is 3.58. The first-order chi connectivity index (χ1) is 6.40. The first-order valence-corrected chi connectivity index (χ1v) is 4.25. The molecule has 0 aromatic heterocycles. The number of aliphatic carboxylic acids is 1. The largest absolute Gasteiger partial charge is 0.479 e. The van der Waals surface area contributed by atoms with E-state index in [-0.39, 0.29) is 12.8 Å². The summed E-state index contributed by atoms with van der Waals surface area (Å²) in [6.45, 7) is 0. The van der Waals surface area contributed by atoms with Crippen LogP contribution in [-0.2, 0) is 9.53 Å². The van der Waals surface area contributed by atoms with Crippen molar-refractivity contribution in [1.29, 1.82) is 0 Å². The minimum absolute atomic E-state index is 0.225. The Bertz CT molecular complexity index is 230. The number of ether oxygens (including phenoxy) is 1. The van der Waals surface area contributed by atoms with Gasteiger partial charge in [-0.3, -0.25) is 0 Å². The lowest BCUT2D eigenvalue weighted by molar-refractivity contribution is -0.190. The van der Waals surface area contributed by atoms with Gasteiger partial charge in [0.2, 0.25) is 0 Å². The van der Waals surface area contributed by atoms with Crippen LogP contribution in [0.15, 0.2) is 0 Å². The number of methoxy groups -OCH3 is 1. The average Bonchev–Trinajstić information content (AvgIpc) is 2.11. The van der Waals surface area contributed by atoms with E-state index < -0.39 is 29.9 Å². The van der Waals surface area contributed by atoms with Gasteiger partial charge in [0, 0.05) is 20.0 Å². The Morgan fingerprint density at radius 3 is 2.43 bits per heavy atom. The maximum Gasteiger partial charge on any atom is 0.335 e. The van der Waals surface area contributed by atoms with Gasteiger partial charge in [0.15, 0.2) is 5.60 Å². The SMILES string of the molecule is COC1CC(O)(C(=O)O)CC(O)C1O. The maximum atomic E-state index is 10.7. The molecule has 0 radical (unpaired) electrons. The number of carbonyl (C=O) groups is 1. The standard InChI is InChI=1S/C8H14O6/c1-14-5-3-8(13,7(11)12)2-4(9)6(5)10/h4-6,9-10,13H,2-3H2,1H3,(H,11,12). The van der Waals surface area contributed by atoms with E-state index >= 15 is 0 Å². The van der Waals surface area contributed by atoms with Crippen molar-refractivity contribution >= 4 is 5.97 Å². The Balaban J connectivity index is 2.81. The van der Waals surface area contributed by atoms with E-state index in [2.05, 4.69) is 0 Å². The summed E-state index contributed by atoms with van der Waals surface area (Å²) in [4.78, 5) is 10.7. The van der Waals surface area contributed by atoms with Crippen molar-refractivity contribution in [3.05, 3.63) is 0 Å². The highest BCUT2D eigenvalue weighted by Crippen LogP contribution is 2.30. The molecule has 0 heterocycles. The molecule has 0 aromatic carbocycles. The summed E-state index contributed by atoms with van der Waals surface area (Å²) in [7, 11) is 1.29. The molecule has 6 heteroatoms. The van der Waals surface area contributed by atoms with E-state index in [1.54, 1.807) is 0 Å². The van der Waals surface area contributed by atoms with Crippen LogP contribution in [0.25, 0.3) is 0 Å². The molecular weight excluding hydrogens is 192 g/mol. The molecule has 4 atom stereocenters. The van der Waals surface area contributed by atoms with Crippen molar-refractivity contribution in [2.75, 3.05) is 7.11 Å². The van der Waals surface area contributed by atoms with Crippen molar-refractivity contribution in [3.63, 3.8) is 0 Å². The monoisotopic (exact) mass is 206 g/mol. The van der Waals surface area contributed by atoms with Crippen LogP contribution in [0.5, 0.6) is 0 Å². The molecule has 1 rings (SSSR count). The lowest BCUT2D eigenvalue weighted by atomic mass is 9.79. The Morgan fingerprint density at radius 1 is 1.43 bits per heavy atom. The third kappa shape index (κ3) is 1.88.